The molecule has 2 aromatic rings. The highest BCUT2D eigenvalue weighted by Crippen LogP contribution is 2.33. The molecule has 0 saturated heterocycles. The van der Waals surface area contributed by atoms with E-state index in [1.54, 1.807) is 19.2 Å². The molecule has 0 bridgehead atoms. The largest absolute Gasteiger partial charge is 0.496 e. The Bertz CT molecular complexity index is 622. The number of carbonyl (C=O) groups is 1. The molecule has 0 radical (unpaired) electrons. The lowest BCUT2D eigenvalue weighted by atomic mass is 10.1. The normalized spacial score (nSPS) is 10.5. The molecule has 0 fully saturated rings. The quantitative estimate of drug-likeness (QED) is 0.903. The molecular weight excluding hydrogens is 268 g/mol. The van der Waals surface area contributed by atoms with Gasteiger partial charge in [-0.25, -0.2) is 4.79 Å². The minimum Gasteiger partial charge on any atom is -0.496 e. The van der Waals surface area contributed by atoms with Crippen LogP contribution in [0.2, 0.25) is 5.02 Å². The van der Waals surface area contributed by atoms with Crippen LogP contribution < -0.4 is 4.74 Å². The van der Waals surface area contributed by atoms with E-state index < -0.39 is 5.97 Å². The minimum atomic E-state index is -1.05. The van der Waals surface area contributed by atoms with Gasteiger partial charge in [0.25, 0.3) is 0 Å². The van der Waals surface area contributed by atoms with Gasteiger partial charge in [0, 0.05) is 16.1 Å². The molecule has 0 aliphatic carbocycles. The van der Waals surface area contributed by atoms with Crippen molar-refractivity contribution in [3.63, 3.8) is 0 Å². The fourth-order valence-electron chi connectivity index (χ4n) is 1.86. The lowest BCUT2D eigenvalue weighted by molar-refractivity contribution is 0.0690. The van der Waals surface area contributed by atoms with Crippen molar-refractivity contribution in [2.24, 2.45) is 0 Å². The maximum Gasteiger partial charge on any atom is 0.353 e. The number of rotatable bonds is 4. The molecule has 0 unspecified atom stereocenters. The van der Waals surface area contributed by atoms with E-state index in [9.17, 15) is 4.79 Å². The lowest BCUT2D eigenvalue weighted by Crippen LogP contribution is -1.95. The molecular formula is C13H13ClN2O3. The first-order chi connectivity index (χ1) is 9.06. The number of carboxylic acids is 1. The van der Waals surface area contributed by atoms with E-state index >= 15 is 0 Å². The molecule has 6 heteroatoms. The zero-order valence-electron chi connectivity index (χ0n) is 10.5. The summed E-state index contributed by atoms with van der Waals surface area (Å²) < 4.78 is 5.29. The van der Waals surface area contributed by atoms with Crippen molar-refractivity contribution in [2.45, 2.75) is 13.3 Å². The Morgan fingerprint density at radius 1 is 1.47 bits per heavy atom. The number of methoxy groups -OCH3 is 1. The van der Waals surface area contributed by atoms with Gasteiger partial charge in [0.2, 0.25) is 0 Å². The van der Waals surface area contributed by atoms with E-state index in [0.717, 1.165) is 12.0 Å². The highest BCUT2D eigenvalue weighted by Gasteiger charge is 2.13. The molecule has 100 valence electrons. The maximum absolute atomic E-state index is 10.8. The van der Waals surface area contributed by atoms with Gasteiger partial charge in [-0.3, -0.25) is 5.10 Å². The van der Waals surface area contributed by atoms with Crippen LogP contribution in [-0.4, -0.2) is 28.4 Å². The third-order valence-electron chi connectivity index (χ3n) is 2.83. The fourth-order valence-corrected chi connectivity index (χ4v) is 2.21. The summed E-state index contributed by atoms with van der Waals surface area (Å²) in [6.45, 7) is 1.99. The molecule has 1 heterocycles. The Balaban J connectivity index is 2.50. The topological polar surface area (TPSA) is 75.2 Å². The smallest absolute Gasteiger partial charge is 0.353 e. The van der Waals surface area contributed by atoms with Crippen LogP contribution in [0.1, 0.15) is 23.0 Å². The standard InChI is InChI=1S/C13H13ClN2O3/c1-3-8-9(14)4-7(5-12(8)19-2)10-6-11(13(17)18)16-15-10/h4-6H,3H2,1-2H3,(H,15,16)(H,17,18). The highest BCUT2D eigenvalue weighted by molar-refractivity contribution is 6.31. The Labute approximate surface area is 115 Å². The summed E-state index contributed by atoms with van der Waals surface area (Å²) in [4.78, 5) is 10.8. The van der Waals surface area contributed by atoms with Crippen LogP contribution in [0.15, 0.2) is 18.2 Å². The third kappa shape index (κ3) is 2.56. The molecule has 2 rings (SSSR count). The Morgan fingerprint density at radius 2 is 2.21 bits per heavy atom. The van der Waals surface area contributed by atoms with E-state index in [-0.39, 0.29) is 5.69 Å². The van der Waals surface area contributed by atoms with Crippen LogP contribution in [0, 0.1) is 0 Å². The summed E-state index contributed by atoms with van der Waals surface area (Å²) in [5.74, 6) is -0.383. The molecule has 0 saturated carbocycles. The van der Waals surface area contributed by atoms with Crippen LogP contribution >= 0.6 is 11.6 Å². The molecule has 1 aromatic carbocycles. The van der Waals surface area contributed by atoms with Gasteiger partial charge >= 0.3 is 5.97 Å². The summed E-state index contributed by atoms with van der Waals surface area (Å²) in [7, 11) is 1.57. The number of halogens is 1. The summed E-state index contributed by atoms with van der Waals surface area (Å²) in [6, 6.07) is 5.01. The first kappa shape index (κ1) is 13.4. The number of nitrogens with one attached hydrogen (secondary N) is 1. The first-order valence-electron chi connectivity index (χ1n) is 5.72. The zero-order chi connectivity index (χ0) is 14.0. The number of H-pyrrole nitrogens is 1. The van der Waals surface area contributed by atoms with E-state index in [0.29, 0.717) is 22.0 Å². The number of benzene rings is 1. The lowest BCUT2D eigenvalue weighted by Gasteiger charge is -2.10. The van der Waals surface area contributed by atoms with Crippen LogP contribution in [0.3, 0.4) is 0 Å². The van der Waals surface area contributed by atoms with E-state index in [1.807, 2.05) is 6.92 Å². The van der Waals surface area contributed by atoms with Crippen LogP contribution in [0.4, 0.5) is 0 Å². The second-order valence-electron chi connectivity index (χ2n) is 3.96. The van der Waals surface area contributed by atoms with Crippen molar-refractivity contribution in [3.05, 3.63) is 34.5 Å². The maximum atomic E-state index is 10.8. The van der Waals surface area contributed by atoms with Gasteiger partial charge in [0.15, 0.2) is 0 Å². The predicted molar refractivity (Wildman–Crippen MR) is 71.9 cm³/mol. The SMILES string of the molecule is CCc1c(Cl)cc(-c2cc(C(=O)O)[nH]n2)cc1OC. The summed E-state index contributed by atoms with van der Waals surface area (Å²) >= 11 is 6.20. The van der Waals surface area contributed by atoms with Crippen LogP contribution in [0.25, 0.3) is 11.3 Å². The van der Waals surface area contributed by atoms with Crippen LogP contribution in [0.5, 0.6) is 5.75 Å². The zero-order valence-corrected chi connectivity index (χ0v) is 11.3. The van der Waals surface area contributed by atoms with E-state index in [1.165, 1.54) is 6.07 Å². The number of hydrogen-bond donors (Lipinski definition) is 2. The summed E-state index contributed by atoms with van der Waals surface area (Å²) in [6.07, 6.45) is 0.753. The number of aromatic nitrogens is 2. The van der Waals surface area contributed by atoms with E-state index in [4.69, 9.17) is 21.4 Å². The molecule has 0 aliphatic rings. The molecule has 0 spiro atoms. The number of nitrogens with zero attached hydrogens (tertiary/aromatic N) is 1. The minimum absolute atomic E-state index is 0.0321. The molecule has 1 aromatic heterocycles. The Hall–Kier alpha value is -2.01. The molecule has 0 amide bonds. The predicted octanol–water partition coefficient (Wildman–Crippen LogP) is 3.00. The van der Waals surface area contributed by atoms with Crippen molar-refractivity contribution in [3.8, 4) is 17.0 Å². The van der Waals surface area contributed by atoms with Gasteiger partial charge in [0.1, 0.15) is 11.4 Å². The van der Waals surface area contributed by atoms with Gasteiger partial charge in [-0.2, -0.15) is 5.10 Å². The van der Waals surface area contributed by atoms with Gasteiger partial charge < -0.3 is 9.84 Å². The third-order valence-corrected chi connectivity index (χ3v) is 3.17. The van der Waals surface area contributed by atoms with E-state index in [2.05, 4.69) is 10.2 Å². The number of hydrogen-bond acceptors (Lipinski definition) is 3. The second kappa shape index (κ2) is 5.32. The highest BCUT2D eigenvalue weighted by atomic mass is 35.5. The monoisotopic (exact) mass is 280 g/mol. The van der Waals surface area contributed by atoms with Crippen molar-refractivity contribution >= 4 is 17.6 Å². The van der Waals surface area contributed by atoms with Gasteiger partial charge in [-0.1, -0.05) is 18.5 Å². The van der Waals surface area contributed by atoms with Gasteiger partial charge in [-0.15, -0.1) is 0 Å². The molecule has 0 atom stereocenters. The average molecular weight is 281 g/mol. The van der Waals surface area contributed by atoms with Crippen LogP contribution in [-0.2, 0) is 6.42 Å². The van der Waals surface area contributed by atoms with Crippen molar-refractivity contribution in [1.29, 1.82) is 0 Å². The Morgan fingerprint density at radius 3 is 2.74 bits per heavy atom. The average Bonchev–Trinajstić information content (AvgIpc) is 2.87. The first-order valence-corrected chi connectivity index (χ1v) is 6.10. The summed E-state index contributed by atoms with van der Waals surface area (Å²) in [5, 5.41) is 15.9. The molecule has 2 N–H and O–H groups in total. The fraction of sp³-hybridized carbons (Fsp3) is 0.231. The number of carboxylic acid groups (broad SMARTS) is 1. The number of ether oxygens (including phenoxy) is 1. The Kier molecular flexibility index (Phi) is 3.76. The van der Waals surface area contributed by atoms with Gasteiger partial charge in [0.05, 0.1) is 12.8 Å². The molecule has 5 nitrogen and oxygen atoms in total. The van der Waals surface area contributed by atoms with Crippen molar-refractivity contribution < 1.29 is 14.6 Å². The molecule has 0 aliphatic heterocycles. The summed E-state index contributed by atoms with van der Waals surface area (Å²) in [5.41, 5.74) is 2.18. The molecule has 19 heavy (non-hydrogen) atoms. The van der Waals surface area contributed by atoms with Gasteiger partial charge in [-0.05, 0) is 24.6 Å². The second-order valence-corrected chi connectivity index (χ2v) is 4.37. The van der Waals surface area contributed by atoms with Crippen molar-refractivity contribution in [1.82, 2.24) is 10.2 Å². The number of aromatic amines is 1. The van der Waals surface area contributed by atoms with Crippen molar-refractivity contribution in [2.75, 3.05) is 7.11 Å². The number of aromatic carboxylic acids is 1.